The summed E-state index contributed by atoms with van der Waals surface area (Å²) >= 11 is 0. The minimum Gasteiger partial charge on any atom is -0.389 e. The third-order valence-electron chi connectivity index (χ3n) is 6.72. The summed E-state index contributed by atoms with van der Waals surface area (Å²) in [7, 11) is 1.81. The van der Waals surface area contributed by atoms with Crippen LogP contribution in [0.15, 0.2) is 30.3 Å². The van der Waals surface area contributed by atoms with E-state index in [0.29, 0.717) is 37.5 Å². The van der Waals surface area contributed by atoms with Crippen LogP contribution in [0.3, 0.4) is 0 Å². The first-order chi connectivity index (χ1) is 11.6. The lowest BCUT2D eigenvalue weighted by Gasteiger charge is -2.48. The predicted octanol–water partition coefficient (Wildman–Crippen LogP) is 2.35. The van der Waals surface area contributed by atoms with Gasteiger partial charge in [0, 0.05) is 32.0 Å². The molecule has 3 fully saturated rings. The summed E-state index contributed by atoms with van der Waals surface area (Å²) in [5.41, 5.74) is 1.27. The summed E-state index contributed by atoms with van der Waals surface area (Å²) in [6.07, 6.45) is 5.07. The molecule has 3 unspecified atom stereocenters. The lowest BCUT2D eigenvalue weighted by molar-refractivity contribution is -0.144. The summed E-state index contributed by atoms with van der Waals surface area (Å²) in [5.74, 6) is 1.23. The number of carbonyl (C=O) groups excluding carboxylic acids is 1. The average Bonchev–Trinajstić information content (AvgIpc) is 2.77. The molecule has 1 aliphatic heterocycles. The zero-order valence-corrected chi connectivity index (χ0v) is 14.4. The van der Waals surface area contributed by atoms with Crippen LogP contribution < -0.4 is 0 Å². The summed E-state index contributed by atoms with van der Waals surface area (Å²) < 4.78 is 5.67. The highest BCUT2D eigenvalue weighted by Crippen LogP contribution is 2.59. The number of methoxy groups -OCH3 is 1. The molecule has 1 amide bonds. The summed E-state index contributed by atoms with van der Waals surface area (Å²) in [5, 5.41) is 9.53. The van der Waals surface area contributed by atoms with Gasteiger partial charge in [0.15, 0.2) is 0 Å². The Hall–Kier alpha value is -1.39. The molecule has 1 N–H and O–H groups in total. The van der Waals surface area contributed by atoms with Gasteiger partial charge >= 0.3 is 0 Å². The van der Waals surface area contributed by atoms with E-state index < -0.39 is 0 Å². The van der Waals surface area contributed by atoms with Crippen molar-refractivity contribution in [2.24, 2.45) is 11.8 Å². The number of aliphatic hydroxyl groups excluding tert-OH is 1. The van der Waals surface area contributed by atoms with Gasteiger partial charge in [-0.3, -0.25) is 4.79 Å². The van der Waals surface area contributed by atoms with Crippen LogP contribution in [0.4, 0.5) is 0 Å². The van der Waals surface area contributed by atoms with Gasteiger partial charge in [-0.05, 0) is 43.1 Å². The van der Waals surface area contributed by atoms with Gasteiger partial charge in [0.05, 0.1) is 12.2 Å². The van der Waals surface area contributed by atoms with Crippen molar-refractivity contribution >= 4 is 5.91 Å². The number of nitrogens with zero attached hydrogens (tertiary/aromatic N) is 1. The summed E-state index contributed by atoms with van der Waals surface area (Å²) in [4.78, 5) is 14.7. The molecule has 4 nitrogen and oxygen atoms in total. The Kier molecular flexibility index (Phi) is 4.13. The molecular formula is C20H27NO3. The highest BCUT2D eigenvalue weighted by atomic mass is 16.5. The largest absolute Gasteiger partial charge is 0.389 e. The fraction of sp³-hybridized carbons (Fsp3) is 0.650. The lowest BCUT2D eigenvalue weighted by atomic mass is 9.59. The molecule has 2 saturated carbocycles. The number of carbonyl (C=O) groups is 1. The zero-order valence-electron chi connectivity index (χ0n) is 14.4. The van der Waals surface area contributed by atoms with E-state index in [2.05, 4.69) is 24.3 Å². The minimum atomic E-state index is -0.331. The molecule has 1 heterocycles. The van der Waals surface area contributed by atoms with Crippen molar-refractivity contribution in [2.75, 3.05) is 20.2 Å². The van der Waals surface area contributed by atoms with Crippen molar-refractivity contribution in [1.82, 2.24) is 4.90 Å². The number of likely N-dealkylation sites (tertiary alicyclic amines) is 1. The first-order valence-corrected chi connectivity index (χ1v) is 9.17. The summed E-state index contributed by atoms with van der Waals surface area (Å²) in [6, 6.07) is 10.6. The van der Waals surface area contributed by atoms with E-state index in [-0.39, 0.29) is 17.4 Å². The number of benzene rings is 1. The van der Waals surface area contributed by atoms with Crippen molar-refractivity contribution in [3.05, 3.63) is 35.9 Å². The molecule has 4 atom stereocenters. The average molecular weight is 329 g/mol. The monoisotopic (exact) mass is 329 g/mol. The van der Waals surface area contributed by atoms with Gasteiger partial charge in [-0.25, -0.2) is 0 Å². The number of β-amino-alcohol motifs (C(OH)–C–C–N with tert-alkyl or cyclic N) is 1. The molecule has 0 radical (unpaired) electrons. The molecule has 130 valence electrons. The van der Waals surface area contributed by atoms with E-state index in [0.717, 1.165) is 12.8 Å². The van der Waals surface area contributed by atoms with Crippen molar-refractivity contribution in [2.45, 2.75) is 49.7 Å². The number of amides is 1. The van der Waals surface area contributed by atoms with Crippen LogP contribution in [-0.2, 0) is 14.9 Å². The third-order valence-corrected chi connectivity index (χ3v) is 6.72. The van der Waals surface area contributed by atoms with Gasteiger partial charge < -0.3 is 14.7 Å². The molecular weight excluding hydrogens is 302 g/mol. The van der Waals surface area contributed by atoms with Crippen LogP contribution in [-0.4, -0.2) is 48.3 Å². The normalized spacial score (nSPS) is 35.8. The molecule has 24 heavy (non-hydrogen) atoms. The Balaban J connectivity index is 1.65. The maximum absolute atomic E-state index is 12.9. The molecule has 1 aromatic carbocycles. The maximum Gasteiger partial charge on any atom is 0.223 e. The predicted molar refractivity (Wildman–Crippen MR) is 91.6 cm³/mol. The Labute approximate surface area is 143 Å². The van der Waals surface area contributed by atoms with Crippen LogP contribution >= 0.6 is 0 Å². The molecule has 2 aliphatic carbocycles. The van der Waals surface area contributed by atoms with E-state index in [9.17, 15) is 9.90 Å². The second kappa shape index (κ2) is 6.16. The number of ether oxygens (including phenoxy) is 1. The number of hydrogen-bond acceptors (Lipinski definition) is 3. The highest BCUT2D eigenvalue weighted by molar-refractivity contribution is 5.79. The number of rotatable bonds is 4. The molecule has 1 saturated heterocycles. The van der Waals surface area contributed by atoms with Crippen LogP contribution in [0.25, 0.3) is 0 Å². The smallest absolute Gasteiger partial charge is 0.223 e. The molecule has 4 rings (SSSR count). The first-order valence-electron chi connectivity index (χ1n) is 9.17. The van der Waals surface area contributed by atoms with E-state index in [1.165, 1.54) is 18.4 Å². The van der Waals surface area contributed by atoms with Crippen molar-refractivity contribution in [3.63, 3.8) is 0 Å². The van der Waals surface area contributed by atoms with Crippen LogP contribution in [0.5, 0.6) is 0 Å². The topological polar surface area (TPSA) is 49.8 Å². The van der Waals surface area contributed by atoms with Crippen molar-refractivity contribution in [1.29, 1.82) is 0 Å². The molecule has 1 aromatic rings. The van der Waals surface area contributed by atoms with Gasteiger partial charge in [-0.2, -0.15) is 0 Å². The van der Waals surface area contributed by atoms with Crippen molar-refractivity contribution < 1.29 is 14.6 Å². The van der Waals surface area contributed by atoms with E-state index >= 15 is 0 Å². The number of hydrogen-bond donors (Lipinski definition) is 1. The van der Waals surface area contributed by atoms with E-state index in [1.54, 1.807) is 0 Å². The maximum atomic E-state index is 12.9. The van der Waals surface area contributed by atoms with Crippen LogP contribution in [0, 0.1) is 11.8 Å². The van der Waals surface area contributed by atoms with Gasteiger partial charge in [0.25, 0.3) is 0 Å². The quantitative estimate of drug-likeness (QED) is 0.922. The standard InChI is InChI=1S/C20H27NO3/c1-24-18-9-15-7-8-16(10-18)20(15,14-5-3-2-4-6-14)11-19(23)21-12-17(22)13-21/h2-6,15-18,22H,7-13H2,1H3/t15-,16?,18?,20?/m1/s1. The zero-order chi connectivity index (χ0) is 16.7. The van der Waals surface area contributed by atoms with E-state index in [1.807, 2.05) is 18.1 Å². The Morgan fingerprint density at radius 1 is 1.21 bits per heavy atom. The molecule has 0 spiro atoms. The summed E-state index contributed by atoms with van der Waals surface area (Å²) in [6.45, 7) is 0.999. The van der Waals surface area contributed by atoms with Crippen LogP contribution in [0.1, 0.15) is 37.7 Å². The Morgan fingerprint density at radius 3 is 2.38 bits per heavy atom. The molecule has 3 aliphatic rings. The Morgan fingerprint density at radius 2 is 1.83 bits per heavy atom. The fourth-order valence-electron chi connectivity index (χ4n) is 5.46. The van der Waals surface area contributed by atoms with E-state index in [4.69, 9.17) is 4.74 Å². The van der Waals surface area contributed by atoms with Crippen molar-refractivity contribution in [3.8, 4) is 0 Å². The molecule has 0 aromatic heterocycles. The van der Waals surface area contributed by atoms with Crippen LogP contribution in [0.2, 0.25) is 0 Å². The fourth-order valence-corrected chi connectivity index (χ4v) is 5.46. The first kappa shape index (κ1) is 16.1. The second-order valence-corrected chi connectivity index (χ2v) is 7.84. The van der Waals surface area contributed by atoms with Gasteiger partial charge in [-0.15, -0.1) is 0 Å². The number of aliphatic hydroxyl groups is 1. The van der Waals surface area contributed by atoms with Gasteiger partial charge in [0.2, 0.25) is 5.91 Å². The number of fused-ring (bicyclic) bond motifs is 2. The van der Waals surface area contributed by atoms with Gasteiger partial charge in [0.1, 0.15) is 0 Å². The van der Waals surface area contributed by atoms with Gasteiger partial charge in [-0.1, -0.05) is 30.3 Å². The molecule has 2 bridgehead atoms. The highest BCUT2D eigenvalue weighted by Gasteiger charge is 2.56. The lowest BCUT2D eigenvalue weighted by Crippen LogP contribution is -2.56. The minimum absolute atomic E-state index is 0.0477. The third kappa shape index (κ3) is 2.47. The second-order valence-electron chi connectivity index (χ2n) is 7.84. The Bertz CT molecular complexity index is 582. The SMILES string of the molecule is COC1CC2CC[C@H](C1)C2(CC(=O)N1CC(O)C1)c1ccccc1. The molecule has 4 heteroatoms.